The maximum atomic E-state index is 6.02. The molecule has 0 amide bonds. The summed E-state index contributed by atoms with van der Waals surface area (Å²) in [5.41, 5.74) is 0. The third-order valence-corrected chi connectivity index (χ3v) is 4.87. The van der Waals surface area contributed by atoms with Gasteiger partial charge in [-0.1, -0.05) is 19.8 Å². The van der Waals surface area contributed by atoms with Gasteiger partial charge in [-0.05, 0) is 43.4 Å². The highest BCUT2D eigenvalue weighted by molar-refractivity contribution is 7.18. The normalized spacial score (nSPS) is 16.8. The van der Waals surface area contributed by atoms with E-state index in [9.17, 15) is 0 Å². The zero-order chi connectivity index (χ0) is 13.4. The van der Waals surface area contributed by atoms with Gasteiger partial charge in [0.05, 0.1) is 5.39 Å². The minimum Gasteiger partial charge on any atom is -0.367 e. The molecule has 102 valence electrons. The van der Waals surface area contributed by atoms with Gasteiger partial charge in [-0.25, -0.2) is 9.97 Å². The Kier molecular flexibility index (Phi) is 3.63. The van der Waals surface area contributed by atoms with Crippen LogP contribution < -0.4 is 5.32 Å². The maximum absolute atomic E-state index is 6.02. The van der Waals surface area contributed by atoms with E-state index in [-0.39, 0.29) is 0 Å². The molecule has 1 fully saturated rings. The summed E-state index contributed by atoms with van der Waals surface area (Å²) in [5, 5.41) is 4.94. The summed E-state index contributed by atoms with van der Waals surface area (Å²) >= 11 is 7.73. The van der Waals surface area contributed by atoms with Gasteiger partial charge in [-0.15, -0.1) is 11.3 Å². The summed E-state index contributed by atoms with van der Waals surface area (Å²) in [6.07, 6.45) is 5.00. The van der Waals surface area contributed by atoms with Crippen LogP contribution in [0.3, 0.4) is 0 Å². The van der Waals surface area contributed by atoms with Gasteiger partial charge in [0.25, 0.3) is 0 Å². The molecule has 1 aliphatic rings. The van der Waals surface area contributed by atoms with E-state index in [0.717, 1.165) is 28.4 Å². The Hall–Kier alpha value is -0.870. The molecule has 0 aliphatic heterocycles. The highest BCUT2D eigenvalue weighted by atomic mass is 35.5. The molecular weight excluding hydrogens is 278 g/mol. The van der Waals surface area contributed by atoms with E-state index in [4.69, 9.17) is 11.6 Å². The smallest absolute Gasteiger partial charge is 0.225 e. The Labute approximate surface area is 122 Å². The second kappa shape index (κ2) is 5.25. The van der Waals surface area contributed by atoms with Gasteiger partial charge in [0.1, 0.15) is 10.6 Å². The average Bonchev–Trinajstić information content (AvgIpc) is 3.05. The molecule has 1 aliphatic carbocycles. The average molecular weight is 296 g/mol. The van der Waals surface area contributed by atoms with Gasteiger partial charge in [-0.3, -0.25) is 0 Å². The summed E-state index contributed by atoms with van der Waals surface area (Å²) in [6.45, 7) is 4.37. The van der Waals surface area contributed by atoms with Crippen LogP contribution in [0, 0.1) is 5.92 Å². The van der Waals surface area contributed by atoms with E-state index in [2.05, 4.69) is 35.2 Å². The highest BCUT2D eigenvalue weighted by Crippen LogP contribution is 2.35. The van der Waals surface area contributed by atoms with Gasteiger partial charge in [-0.2, -0.15) is 0 Å². The lowest BCUT2D eigenvalue weighted by Crippen LogP contribution is -2.17. The first kappa shape index (κ1) is 13.1. The van der Waals surface area contributed by atoms with Crippen molar-refractivity contribution in [1.82, 2.24) is 9.97 Å². The number of hydrogen-bond donors (Lipinski definition) is 1. The van der Waals surface area contributed by atoms with Gasteiger partial charge in [0.15, 0.2) is 0 Å². The van der Waals surface area contributed by atoms with Crippen LogP contribution in [-0.2, 0) is 6.42 Å². The predicted molar refractivity (Wildman–Crippen MR) is 82.2 cm³/mol. The van der Waals surface area contributed by atoms with Crippen molar-refractivity contribution in [3.05, 3.63) is 16.2 Å². The van der Waals surface area contributed by atoms with Crippen LogP contribution in [0.1, 0.15) is 38.0 Å². The van der Waals surface area contributed by atoms with Crippen molar-refractivity contribution in [3.8, 4) is 0 Å². The third kappa shape index (κ3) is 3.00. The largest absolute Gasteiger partial charge is 0.367 e. The number of hydrogen-bond acceptors (Lipinski definition) is 4. The van der Waals surface area contributed by atoms with E-state index in [0.29, 0.717) is 11.3 Å². The minimum absolute atomic E-state index is 0.332. The second-order valence-electron chi connectivity index (χ2n) is 5.35. The molecule has 1 saturated carbocycles. The van der Waals surface area contributed by atoms with Crippen molar-refractivity contribution in [2.75, 3.05) is 5.32 Å². The van der Waals surface area contributed by atoms with Crippen LogP contribution in [-0.4, -0.2) is 16.0 Å². The van der Waals surface area contributed by atoms with Crippen molar-refractivity contribution in [3.63, 3.8) is 0 Å². The molecule has 2 aromatic rings. The van der Waals surface area contributed by atoms with E-state index < -0.39 is 0 Å². The zero-order valence-corrected chi connectivity index (χ0v) is 12.8. The lowest BCUT2D eigenvalue weighted by Gasteiger charge is -2.14. The minimum atomic E-state index is 0.332. The molecule has 0 spiro atoms. The summed E-state index contributed by atoms with van der Waals surface area (Å²) in [7, 11) is 0. The third-order valence-electron chi connectivity index (χ3n) is 3.53. The van der Waals surface area contributed by atoms with Crippen LogP contribution in [0.4, 0.5) is 5.82 Å². The van der Waals surface area contributed by atoms with Crippen LogP contribution in [0.25, 0.3) is 10.2 Å². The van der Waals surface area contributed by atoms with Crippen LogP contribution in [0.15, 0.2) is 6.07 Å². The molecule has 0 radical (unpaired) electrons. The number of rotatable bonds is 5. The zero-order valence-electron chi connectivity index (χ0n) is 11.2. The number of aryl methyl sites for hydroxylation is 1. The van der Waals surface area contributed by atoms with Crippen molar-refractivity contribution < 1.29 is 0 Å². The fraction of sp³-hybridized carbons (Fsp3) is 0.571. The van der Waals surface area contributed by atoms with Gasteiger partial charge >= 0.3 is 0 Å². The Morgan fingerprint density at radius 1 is 1.47 bits per heavy atom. The number of aromatic nitrogens is 2. The van der Waals surface area contributed by atoms with Crippen molar-refractivity contribution in [2.45, 2.75) is 45.6 Å². The Bertz CT molecular complexity index is 592. The number of nitrogens with one attached hydrogen (secondary N) is 1. The molecule has 1 unspecified atom stereocenters. The fourth-order valence-corrected chi connectivity index (χ4v) is 3.56. The molecular formula is C14H18ClN3S. The molecule has 3 nitrogen and oxygen atoms in total. The molecule has 3 rings (SSSR count). The van der Waals surface area contributed by atoms with Crippen LogP contribution in [0.5, 0.6) is 0 Å². The number of halogens is 1. The Morgan fingerprint density at radius 3 is 2.95 bits per heavy atom. The van der Waals surface area contributed by atoms with E-state index in [1.165, 1.54) is 24.1 Å². The fourth-order valence-electron chi connectivity index (χ4n) is 2.38. The first-order chi connectivity index (χ1) is 9.15. The molecule has 1 N–H and O–H groups in total. The molecule has 5 heteroatoms. The second-order valence-corrected chi connectivity index (χ2v) is 6.80. The molecule has 2 aromatic heterocycles. The highest BCUT2D eigenvalue weighted by Gasteiger charge is 2.24. The maximum Gasteiger partial charge on any atom is 0.225 e. The monoisotopic (exact) mass is 295 g/mol. The molecule has 19 heavy (non-hydrogen) atoms. The quantitative estimate of drug-likeness (QED) is 0.825. The molecule has 1 atom stereocenters. The van der Waals surface area contributed by atoms with Gasteiger partial charge in [0, 0.05) is 10.9 Å². The molecule has 0 saturated heterocycles. The van der Waals surface area contributed by atoms with E-state index >= 15 is 0 Å². The van der Waals surface area contributed by atoms with Crippen molar-refractivity contribution in [1.29, 1.82) is 0 Å². The Balaban J connectivity index is 1.89. The van der Waals surface area contributed by atoms with Gasteiger partial charge in [0.2, 0.25) is 5.28 Å². The number of nitrogens with zero attached hydrogens (tertiary/aromatic N) is 2. The standard InChI is InChI=1S/C14H18ClN3S/c1-3-10-7-11-12(16-8(2)6-9-4-5-9)17-14(15)18-13(11)19-10/h7-9H,3-6H2,1-2H3,(H,16,17,18). The number of fused-ring (bicyclic) bond motifs is 1. The number of thiophene rings is 1. The summed E-state index contributed by atoms with van der Waals surface area (Å²) < 4.78 is 0. The molecule has 0 aromatic carbocycles. The number of anilines is 1. The summed E-state index contributed by atoms with van der Waals surface area (Å²) in [6, 6.07) is 2.62. The SMILES string of the molecule is CCc1cc2c(NC(C)CC3CC3)nc(Cl)nc2s1. The first-order valence-corrected chi connectivity index (χ1v) is 8.07. The van der Waals surface area contributed by atoms with Gasteiger partial charge < -0.3 is 5.32 Å². The first-order valence-electron chi connectivity index (χ1n) is 6.88. The summed E-state index contributed by atoms with van der Waals surface area (Å²) in [4.78, 5) is 11.0. The molecule has 0 bridgehead atoms. The lowest BCUT2D eigenvalue weighted by molar-refractivity contribution is 0.640. The predicted octanol–water partition coefficient (Wildman–Crippen LogP) is 4.51. The van der Waals surface area contributed by atoms with Crippen LogP contribution in [0.2, 0.25) is 5.28 Å². The topological polar surface area (TPSA) is 37.8 Å². The molecule has 2 heterocycles. The van der Waals surface area contributed by atoms with Crippen molar-refractivity contribution >= 4 is 39.0 Å². The lowest BCUT2D eigenvalue weighted by atomic mass is 10.1. The summed E-state index contributed by atoms with van der Waals surface area (Å²) in [5.74, 6) is 1.79. The van der Waals surface area contributed by atoms with E-state index in [1.54, 1.807) is 11.3 Å². The Morgan fingerprint density at radius 2 is 2.26 bits per heavy atom. The van der Waals surface area contributed by atoms with E-state index in [1.807, 2.05) is 0 Å². The van der Waals surface area contributed by atoms with Crippen molar-refractivity contribution in [2.24, 2.45) is 5.92 Å². The van der Waals surface area contributed by atoms with Crippen LogP contribution >= 0.6 is 22.9 Å².